The van der Waals surface area contributed by atoms with Crippen LogP contribution in [0, 0.1) is 18.3 Å². The molecule has 2 rings (SSSR count). The van der Waals surface area contributed by atoms with E-state index in [2.05, 4.69) is 27.0 Å². The van der Waals surface area contributed by atoms with Gasteiger partial charge in [-0.05, 0) is 35.0 Å². The van der Waals surface area contributed by atoms with Gasteiger partial charge in [0.1, 0.15) is 22.2 Å². The van der Waals surface area contributed by atoms with E-state index in [1.54, 1.807) is 7.11 Å². The number of nitrogens with zero attached hydrogens (tertiary/aromatic N) is 3. The second kappa shape index (κ2) is 4.83. The lowest BCUT2D eigenvalue weighted by Gasteiger charge is -2.09. The van der Waals surface area contributed by atoms with Crippen LogP contribution in [0.15, 0.2) is 22.8 Å². The average Bonchev–Trinajstić information content (AvgIpc) is 2.66. The Labute approximate surface area is 114 Å². The number of hydrogen-bond acceptors (Lipinski definition) is 3. The van der Waals surface area contributed by atoms with Crippen LogP contribution in [0.3, 0.4) is 0 Å². The van der Waals surface area contributed by atoms with E-state index in [0.29, 0.717) is 16.1 Å². The number of halogens is 1. The van der Waals surface area contributed by atoms with Gasteiger partial charge in [0.2, 0.25) is 0 Å². The summed E-state index contributed by atoms with van der Waals surface area (Å²) in [5.41, 5.74) is 2.36. The van der Waals surface area contributed by atoms with Crippen LogP contribution in [0.2, 0.25) is 0 Å². The fraction of sp³-hybridized carbons (Fsp3) is 0.231. The average molecular weight is 306 g/mol. The van der Waals surface area contributed by atoms with Crippen LogP contribution in [-0.4, -0.2) is 16.7 Å². The maximum absolute atomic E-state index is 9.00. The molecule has 1 heterocycles. The molecule has 0 aliphatic rings. The first-order valence-corrected chi connectivity index (χ1v) is 6.15. The summed E-state index contributed by atoms with van der Waals surface area (Å²) in [7, 11) is 3.48. The summed E-state index contributed by atoms with van der Waals surface area (Å²) in [6.07, 6.45) is 0. The number of rotatable bonds is 2. The highest BCUT2D eigenvalue weighted by molar-refractivity contribution is 9.10. The van der Waals surface area contributed by atoms with Crippen LogP contribution in [0.25, 0.3) is 11.4 Å². The normalized spacial score (nSPS) is 10.2. The van der Waals surface area contributed by atoms with Crippen molar-refractivity contribution in [1.82, 2.24) is 9.55 Å². The van der Waals surface area contributed by atoms with Crippen molar-refractivity contribution in [2.75, 3.05) is 7.11 Å². The third-order valence-electron chi connectivity index (χ3n) is 2.73. The van der Waals surface area contributed by atoms with Crippen molar-refractivity contribution in [1.29, 1.82) is 5.26 Å². The molecule has 18 heavy (non-hydrogen) atoms. The molecular formula is C13H12BrN3O. The molecule has 92 valence electrons. The quantitative estimate of drug-likeness (QED) is 0.857. The highest BCUT2D eigenvalue weighted by atomic mass is 79.9. The van der Waals surface area contributed by atoms with Crippen LogP contribution < -0.4 is 4.74 Å². The minimum absolute atomic E-state index is 0.371. The van der Waals surface area contributed by atoms with Gasteiger partial charge in [0.05, 0.1) is 12.7 Å². The van der Waals surface area contributed by atoms with E-state index in [4.69, 9.17) is 10.00 Å². The molecule has 0 fully saturated rings. The first kappa shape index (κ1) is 12.7. The molecule has 0 saturated carbocycles. The van der Waals surface area contributed by atoms with E-state index in [1.807, 2.05) is 36.7 Å². The number of ether oxygens (including phenoxy) is 1. The molecule has 0 aliphatic heterocycles. The maximum Gasteiger partial charge on any atom is 0.173 e. The van der Waals surface area contributed by atoms with Crippen molar-refractivity contribution in [2.24, 2.45) is 7.05 Å². The number of benzene rings is 1. The van der Waals surface area contributed by atoms with Crippen LogP contribution in [-0.2, 0) is 7.05 Å². The summed E-state index contributed by atoms with van der Waals surface area (Å²) in [6.45, 7) is 2.01. The van der Waals surface area contributed by atoms with Gasteiger partial charge in [-0.3, -0.25) is 0 Å². The Hall–Kier alpha value is -1.80. The minimum atomic E-state index is 0.371. The Morgan fingerprint density at radius 2 is 2.17 bits per heavy atom. The van der Waals surface area contributed by atoms with E-state index in [9.17, 15) is 0 Å². The van der Waals surface area contributed by atoms with Crippen LogP contribution in [0.4, 0.5) is 0 Å². The number of hydrogen-bond donors (Lipinski definition) is 0. The molecular weight excluding hydrogens is 294 g/mol. The topological polar surface area (TPSA) is 50.8 Å². The van der Waals surface area contributed by atoms with E-state index in [-0.39, 0.29) is 0 Å². The predicted octanol–water partition coefficient (Wildman–Crippen LogP) is 3.04. The zero-order valence-corrected chi connectivity index (χ0v) is 11.9. The van der Waals surface area contributed by atoms with Crippen molar-refractivity contribution >= 4 is 15.9 Å². The first-order chi connectivity index (χ1) is 8.58. The maximum atomic E-state index is 9.00. The van der Waals surface area contributed by atoms with Gasteiger partial charge in [0.25, 0.3) is 0 Å². The molecule has 0 N–H and O–H groups in total. The van der Waals surface area contributed by atoms with Crippen molar-refractivity contribution in [3.63, 3.8) is 0 Å². The van der Waals surface area contributed by atoms with E-state index >= 15 is 0 Å². The van der Waals surface area contributed by atoms with E-state index in [0.717, 1.165) is 16.9 Å². The Balaban J connectivity index is 2.69. The summed E-state index contributed by atoms with van der Waals surface area (Å²) >= 11 is 3.36. The molecule has 0 unspecified atom stereocenters. The van der Waals surface area contributed by atoms with Gasteiger partial charge >= 0.3 is 0 Å². The third kappa shape index (κ3) is 2.00. The molecule has 0 bridgehead atoms. The Morgan fingerprint density at radius 3 is 2.72 bits per heavy atom. The monoisotopic (exact) mass is 305 g/mol. The van der Waals surface area contributed by atoms with Gasteiger partial charge < -0.3 is 9.30 Å². The largest absolute Gasteiger partial charge is 0.496 e. The Bertz CT molecular complexity index is 640. The zero-order valence-electron chi connectivity index (χ0n) is 10.4. The Morgan fingerprint density at radius 1 is 1.44 bits per heavy atom. The molecule has 0 spiro atoms. The molecule has 1 aromatic carbocycles. The molecule has 2 aromatic rings. The van der Waals surface area contributed by atoms with Crippen LogP contribution in [0.5, 0.6) is 5.75 Å². The van der Waals surface area contributed by atoms with Gasteiger partial charge in [-0.1, -0.05) is 11.6 Å². The summed E-state index contributed by atoms with van der Waals surface area (Å²) in [4.78, 5) is 4.32. The lowest BCUT2D eigenvalue weighted by Crippen LogP contribution is -1.96. The summed E-state index contributed by atoms with van der Waals surface area (Å²) in [5, 5.41) is 9.00. The summed E-state index contributed by atoms with van der Waals surface area (Å²) < 4.78 is 7.84. The zero-order chi connectivity index (χ0) is 13.3. The number of methoxy groups -OCH3 is 1. The van der Waals surface area contributed by atoms with Crippen molar-refractivity contribution < 1.29 is 4.74 Å². The Kier molecular flexibility index (Phi) is 3.39. The van der Waals surface area contributed by atoms with Crippen molar-refractivity contribution in [2.45, 2.75) is 6.92 Å². The second-order valence-electron chi connectivity index (χ2n) is 3.95. The summed E-state index contributed by atoms with van der Waals surface area (Å²) in [5.74, 6) is 1.45. The number of aryl methyl sites for hydroxylation is 1. The molecule has 0 saturated heterocycles. The lowest BCUT2D eigenvalue weighted by atomic mass is 10.1. The molecule has 0 amide bonds. The first-order valence-electron chi connectivity index (χ1n) is 5.35. The molecule has 0 atom stereocenters. The van der Waals surface area contributed by atoms with Crippen molar-refractivity contribution in [3.05, 3.63) is 34.1 Å². The van der Waals surface area contributed by atoms with Gasteiger partial charge in [-0.25, -0.2) is 4.98 Å². The predicted molar refractivity (Wildman–Crippen MR) is 72.3 cm³/mol. The van der Waals surface area contributed by atoms with Crippen molar-refractivity contribution in [3.8, 4) is 23.2 Å². The van der Waals surface area contributed by atoms with E-state index < -0.39 is 0 Å². The fourth-order valence-corrected chi connectivity index (χ4v) is 2.13. The van der Waals surface area contributed by atoms with Gasteiger partial charge in [-0.2, -0.15) is 5.26 Å². The molecule has 4 nitrogen and oxygen atoms in total. The van der Waals surface area contributed by atoms with Crippen LogP contribution >= 0.6 is 15.9 Å². The summed E-state index contributed by atoms with van der Waals surface area (Å²) in [6, 6.07) is 7.93. The standard InChI is InChI=1S/C13H12BrN3O/c1-8-4-5-11(18-3)9(6-8)13-16-10(7-15)12(14)17(13)2/h4-6H,1-3H3. The third-order valence-corrected chi connectivity index (χ3v) is 3.63. The molecule has 0 radical (unpaired) electrons. The SMILES string of the molecule is COc1ccc(C)cc1-c1nc(C#N)c(Br)n1C. The molecule has 1 aromatic heterocycles. The van der Waals surface area contributed by atoms with Crippen LogP contribution in [0.1, 0.15) is 11.3 Å². The highest BCUT2D eigenvalue weighted by Gasteiger charge is 2.16. The lowest BCUT2D eigenvalue weighted by molar-refractivity contribution is 0.416. The number of nitriles is 1. The van der Waals surface area contributed by atoms with Gasteiger partial charge in [0, 0.05) is 7.05 Å². The fourth-order valence-electron chi connectivity index (χ4n) is 1.79. The van der Waals surface area contributed by atoms with Gasteiger partial charge in [-0.15, -0.1) is 0 Å². The second-order valence-corrected chi connectivity index (χ2v) is 4.70. The number of imidazole rings is 1. The van der Waals surface area contributed by atoms with E-state index in [1.165, 1.54) is 0 Å². The smallest absolute Gasteiger partial charge is 0.173 e. The number of aromatic nitrogens is 2. The molecule has 0 aliphatic carbocycles. The minimum Gasteiger partial charge on any atom is -0.496 e. The molecule has 5 heteroatoms. The van der Waals surface area contributed by atoms with Gasteiger partial charge in [0.15, 0.2) is 5.69 Å². The highest BCUT2D eigenvalue weighted by Crippen LogP contribution is 2.32.